The second kappa shape index (κ2) is 7.63. The molecule has 0 atom stereocenters. The lowest BCUT2D eigenvalue weighted by atomic mass is 10.1. The molecule has 132 valence electrons. The molecule has 0 saturated carbocycles. The van der Waals surface area contributed by atoms with Crippen molar-refractivity contribution in [2.24, 2.45) is 0 Å². The number of carbonyl (C=O) groups is 2. The minimum absolute atomic E-state index is 0.0196. The van der Waals surface area contributed by atoms with Crippen LogP contribution in [0.4, 0.5) is 4.39 Å². The number of ether oxygens (including phenoxy) is 1. The predicted octanol–water partition coefficient (Wildman–Crippen LogP) is 2.97. The van der Waals surface area contributed by atoms with E-state index < -0.39 is 17.6 Å². The number of benzene rings is 2. The molecule has 0 bridgehead atoms. The number of hydrogen-bond donors (Lipinski definition) is 2. The summed E-state index contributed by atoms with van der Waals surface area (Å²) in [5.41, 5.74) is 0.840. The van der Waals surface area contributed by atoms with Gasteiger partial charge in [0.15, 0.2) is 5.11 Å². The van der Waals surface area contributed by atoms with Crippen LogP contribution in [-0.2, 0) is 16.2 Å². The van der Waals surface area contributed by atoms with E-state index in [9.17, 15) is 14.0 Å². The third kappa shape index (κ3) is 4.07. The highest BCUT2D eigenvalue weighted by Crippen LogP contribution is 2.22. The van der Waals surface area contributed by atoms with Crippen LogP contribution in [0.25, 0.3) is 6.08 Å². The van der Waals surface area contributed by atoms with E-state index in [1.165, 1.54) is 18.2 Å². The molecule has 0 spiro atoms. The van der Waals surface area contributed by atoms with Crippen molar-refractivity contribution in [2.45, 2.75) is 6.61 Å². The van der Waals surface area contributed by atoms with Crippen molar-refractivity contribution < 1.29 is 18.7 Å². The SMILES string of the molecule is O=C1NC(=S)NC(=O)C1=Cc1ccc(OCc2c(F)cccc2Cl)cc1. The van der Waals surface area contributed by atoms with E-state index in [1.807, 2.05) is 0 Å². The van der Waals surface area contributed by atoms with E-state index in [0.29, 0.717) is 16.3 Å². The van der Waals surface area contributed by atoms with Gasteiger partial charge in [-0.15, -0.1) is 0 Å². The molecule has 0 radical (unpaired) electrons. The molecular formula is C18H12ClFN2O3S. The number of nitrogens with one attached hydrogen (secondary N) is 2. The van der Waals surface area contributed by atoms with Gasteiger partial charge in [-0.3, -0.25) is 20.2 Å². The first kappa shape index (κ1) is 18.0. The van der Waals surface area contributed by atoms with Crippen molar-refractivity contribution in [3.8, 4) is 5.75 Å². The molecular weight excluding hydrogens is 379 g/mol. The zero-order valence-electron chi connectivity index (χ0n) is 13.2. The summed E-state index contributed by atoms with van der Waals surface area (Å²) >= 11 is 10.7. The van der Waals surface area contributed by atoms with Gasteiger partial charge in [0, 0.05) is 5.56 Å². The van der Waals surface area contributed by atoms with E-state index in [1.54, 1.807) is 30.3 Å². The van der Waals surface area contributed by atoms with E-state index >= 15 is 0 Å². The van der Waals surface area contributed by atoms with Gasteiger partial charge in [-0.2, -0.15) is 0 Å². The Hall–Kier alpha value is -2.77. The van der Waals surface area contributed by atoms with Gasteiger partial charge >= 0.3 is 0 Å². The topological polar surface area (TPSA) is 67.4 Å². The van der Waals surface area contributed by atoms with Crippen LogP contribution in [-0.4, -0.2) is 16.9 Å². The molecule has 0 unspecified atom stereocenters. The van der Waals surface area contributed by atoms with Gasteiger partial charge in [0.25, 0.3) is 11.8 Å². The minimum Gasteiger partial charge on any atom is -0.489 e. The molecule has 0 aliphatic carbocycles. The van der Waals surface area contributed by atoms with Gasteiger partial charge in [-0.25, -0.2) is 4.39 Å². The largest absolute Gasteiger partial charge is 0.489 e. The molecule has 8 heteroatoms. The molecule has 1 heterocycles. The fraction of sp³-hybridized carbons (Fsp3) is 0.0556. The van der Waals surface area contributed by atoms with Crippen LogP contribution in [0.2, 0.25) is 5.02 Å². The maximum Gasteiger partial charge on any atom is 0.263 e. The first-order valence-electron chi connectivity index (χ1n) is 7.48. The van der Waals surface area contributed by atoms with E-state index in [0.717, 1.165) is 0 Å². The van der Waals surface area contributed by atoms with Crippen LogP contribution in [0, 0.1) is 5.82 Å². The summed E-state index contributed by atoms with van der Waals surface area (Å²) < 4.78 is 19.3. The van der Waals surface area contributed by atoms with Crippen molar-refractivity contribution in [2.75, 3.05) is 0 Å². The Balaban J connectivity index is 1.71. The summed E-state index contributed by atoms with van der Waals surface area (Å²) in [6.07, 6.45) is 1.43. The minimum atomic E-state index is -0.562. The molecule has 1 fully saturated rings. The van der Waals surface area contributed by atoms with Crippen LogP contribution in [0.5, 0.6) is 5.75 Å². The van der Waals surface area contributed by atoms with Gasteiger partial charge in [0.1, 0.15) is 23.7 Å². The standard InChI is InChI=1S/C18H12ClFN2O3S/c19-14-2-1-3-15(20)13(14)9-25-11-6-4-10(5-7-11)8-12-16(23)21-18(26)22-17(12)24/h1-8H,9H2,(H2,21,22,23,24,26). The van der Waals surface area contributed by atoms with Gasteiger partial charge in [0.05, 0.1) is 5.02 Å². The van der Waals surface area contributed by atoms with Crippen LogP contribution >= 0.6 is 23.8 Å². The second-order valence-corrected chi connectivity index (χ2v) is 6.17. The fourth-order valence-electron chi connectivity index (χ4n) is 2.26. The lowest BCUT2D eigenvalue weighted by Crippen LogP contribution is -2.51. The molecule has 1 saturated heterocycles. The number of hydrogen-bond acceptors (Lipinski definition) is 4. The highest BCUT2D eigenvalue weighted by atomic mass is 35.5. The first-order chi connectivity index (χ1) is 12.4. The quantitative estimate of drug-likeness (QED) is 0.478. The molecule has 3 rings (SSSR count). The van der Waals surface area contributed by atoms with Crippen LogP contribution in [0.3, 0.4) is 0 Å². The predicted molar refractivity (Wildman–Crippen MR) is 99.0 cm³/mol. The summed E-state index contributed by atoms with van der Waals surface area (Å²) in [5.74, 6) is -1.07. The smallest absolute Gasteiger partial charge is 0.263 e. The van der Waals surface area contributed by atoms with Crippen molar-refractivity contribution in [1.82, 2.24) is 10.6 Å². The monoisotopic (exact) mass is 390 g/mol. The summed E-state index contributed by atoms with van der Waals surface area (Å²) in [4.78, 5) is 23.6. The third-order valence-corrected chi connectivity index (χ3v) is 4.14. The van der Waals surface area contributed by atoms with Crippen LogP contribution < -0.4 is 15.4 Å². The number of thiocarbonyl (C=S) groups is 1. The summed E-state index contributed by atoms with van der Waals surface area (Å²) in [6, 6.07) is 11.0. The normalized spacial score (nSPS) is 13.9. The van der Waals surface area contributed by atoms with E-state index in [4.69, 9.17) is 28.6 Å². The van der Waals surface area contributed by atoms with Crippen molar-refractivity contribution >= 4 is 46.8 Å². The summed E-state index contributed by atoms with van der Waals surface area (Å²) in [5, 5.41) is 4.99. The highest BCUT2D eigenvalue weighted by Gasteiger charge is 2.25. The molecule has 2 aromatic rings. The van der Waals surface area contributed by atoms with Crippen molar-refractivity contribution in [3.05, 3.63) is 70.0 Å². The Bertz CT molecular complexity index is 886. The Morgan fingerprint density at radius 1 is 1.08 bits per heavy atom. The zero-order valence-corrected chi connectivity index (χ0v) is 14.8. The van der Waals surface area contributed by atoms with Crippen molar-refractivity contribution in [1.29, 1.82) is 0 Å². The average Bonchev–Trinajstić information content (AvgIpc) is 2.59. The van der Waals surface area contributed by atoms with Gasteiger partial charge in [-0.1, -0.05) is 29.8 Å². The molecule has 2 N–H and O–H groups in total. The Kier molecular flexibility index (Phi) is 5.29. The average molecular weight is 391 g/mol. The van der Waals surface area contributed by atoms with Gasteiger partial charge in [0.2, 0.25) is 0 Å². The summed E-state index contributed by atoms with van der Waals surface area (Å²) in [7, 11) is 0. The van der Waals surface area contributed by atoms with E-state index in [2.05, 4.69) is 10.6 Å². The van der Waals surface area contributed by atoms with Crippen LogP contribution in [0.15, 0.2) is 48.0 Å². The second-order valence-electron chi connectivity index (χ2n) is 5.35. The molecule has 0 aromatic heterocycles. The van der Waals surface area contributed by atoms with Crippen molar-refractivity contribution in [3.63, 3.8) is 0 Å². The Morgan fingerprint density at radius 2 is 1.73 bits per heavy atom. The Labute approximate surface area is 158 Å². The number of amides is 2. The molecule has 1 aliphatic rings. The first-order valence-corrected chi connectivity index (χ1v) is 8.27. The van der Waals surface area contributed by atoms with Gasteiger partial charge in [-0.05, 0) is 48.1 Å². The highest BCUT2D eigenvalue weighted by molar-refractivity contribution is 7.80. The lowest BCUT2D eigenvalue weighted by Gasteiger charge is -2.16. The Morgan fingerprint density at radius 3 is 2.35 bits per heavy atom. The van der Waals surface area contributed by atoms with Gasteiger partial charge < -0.3 is 4.74 Å². The maximum atomic E-state index is 13.7. The molecule has 2 amide bonds. The summed E-state index contributed by atoms with van der Waals surface area (Å²) in [6.45, 7) is -0.0196. The number of rotatable bonds is 4. The molecule has 2 aromatic carbocycles. The molecule has 26 heavy (non-hydrogen) atoms. The zero-order chi connectivity index (χ0) is 18.7. The molecule has 5 nitrogen and oxygen atoms in total. The third-order valence-electron chi connectivity index (χ3n) is 3.58. The van der Waals surface area contributed by atoms with Crippen LogP contribution in [0.1, 0.15) is 11.1 Å². The van der Waals surface area contributed by atoms with E-state index in [-0.39, 0.29) is 22.9 Å². The lowest BCUT2D eigenvalue weighted by molar-refractivity contribution is -0.123. The molecule has 1 aliphatic heterocycles. The fourth-order valence-corrected chi connectivity index (χ4v) is 2.66. The number of carbonyl (C=O) groups excluding carboxylic acids is 2. The number of halogens is 2. The maximum absolute atomic E-state index is 13.7.